The Morgan fingerprint density at radius 2 is 1.57 bits per heavy atom. The maximum atomic E-state index is 13.4. The van der Waals surface area contributed by atoms with Crippen LogP contribution in [0, 0.1) is 17.6 Å². The summed E-state index contributed by atoms with van der Waals surface area (Å²) in [6.45, 7) is 0.469. The lowest BCUT2D eigenvalue weighted by Gasteiger charge is -2.26. The van der Waals surface area contributed by atoms with Crippen molar-refractivity contribution < 1.29 is 22.0 Å². The van der Waals surface area contributed by atoms with Gasteiger partial charge in [-0.25, -0.2) is 8.78 Å². The Morgan fingerprint density at radius 1 is 1.05 bits per heavy atom. The zero-order valence-corrected chi connectivity index (χ0v) is 11.3. The van der Waals surface area contributed by atoms with Crippen molar-refractivity contribution in [1.29, 1.82) is 0 Å². The minimum absolute atomic E-state index is 0.0212. The molecule has 0 radical (unpaired) electrons. The third kappa shape index (κ3) is 4.06. The predicted octanol–water partition coefficient (Wildman–Crippen LogP) is 3.91. The molecule has 0 amide bonds. The first-order valence-electron chi connectivity index (χ1n) is 6.83. The van der Waals surface area contributed by atoms with Crippen LogP contribution in [0.3, 0.4) is 0 Å². The molecule has 2 nitrogen and oxygen atoms in total. The number of hydrogen-bond donors (Lipinski definition) is 2. The molecule has 1 fully saturated rings. The van der Waals surface area contributed by atoms with Crippen molar-refractivity contribution in [2.45, 2.75) is 37.9 Å². The molecule has 2 rings (SSSR count). The largest absolute Gasteiger partial charge is 0.422 e. The van der Waals surface area contributed by atoms with Gasteiger partial charge in [0.05, 0.1) is 0 Å². The van der Waals surface area contributed by atoms with Gasteiger partial charge in [-0.05, 0) is 43.7 Å². The van der Waals surface area contributed by atoms with E-state index < -0.39 is 23.4 Å². The van der Waals surface area contributed by atoms with Gasteiger partial charge in [-0.15, -0.1) is 0 Å². The first-order valence-corrected chi connectivity index (χ1v) is 6.83. The number of nitrogens with two attached hydrogens (primary N) is 1. The van der Waals surface area contributed by atoms with Crippen LogP contribution in [0.15, 0.2) is 12.1 Å². The number of alkyl halides is 3. The summed E-state index contributed by atoms with van der Waals surface area (Å²) in [5.74, 6) is -2.88. The Hall–Kier alpha value is -1.37. The van der Waals surface area contributed by atoms with E-state index in [0.29, 0.717) is 24.6 Å². The number of nitrogens with one attached hydrogen (secondary N) is 1. The van der Waals surface area contributed by atoms with Crippen molar-refractivity contribution in [3.8, 4) is 0 Å². The molecule has 0 saturated heterocycles. The van der Waals surface area contributed by atoms with Gasteiger partial charge in [-0.1, -0.05) is 0 Å². The van der Waals surface area contributed by atoms with E-state index >= 15 is 0 Å². The zero-order chi connectivity index (χ0) is 15.6. The van der Waals surface area contributed by atoms with Gasteiger partial charge in [-0.3, -0.25) is 0 Å². The summed E-state index contributed by atoms with van der Waals surface area (Å²) in [6, 6.07) is 1.56. The third-order valence-electron chi connectivity index (χ3n) is 3.81. The fraction of sp³-hybridized carbons (Fsp3) is 0.571. The van der Waals surface area contributed by atoms with Crippen molar-refractivity contribution in [3.05, 3.63) is 29.3 Å². The van der Waals surface area contributed by atoms with Crippen LogP contribution in [0.2, 0.25) is 0 Å². The molecule has 0 unspecified atom stereocenters. The molecule has 1 aliphatic carbocycles. The minimum atomic E-state index is -5.04. The van der Waals surface area contributed by atoms with E-state index in [1.165, 1.54) is 0 Å². The van der Waals surface area contributed by atoms with Gasteiger partial charge < -0.3 is 11.1 Å². The Bertz CT molecular complexity index is 470. The molecule has 1 aromatic carbocycles. The number of hydrogen-bond acceptors (Lipinski definition) is 2. The average Bonchev–Trinajstić information content (AvgIpc) is 2.35. The fourth-order valence-corrected chi connectivity index (χ4v) is 2.60. The third-order valence-corrected chi connectivity index (χ3v) is 3.81. The molecule has 3 N–H and O–H groups in total. The molecule has 0 heterocycles. The summed E-state index contributed by atoms with van der Waals surface area (Å²) in [4.78, 5) is 0. The van der Waals surface area contributed by atoms with Gasteiger partial charge in [0.2, 0.25) is 0 Å². The monoisotopic (exact) mass is 308 g/mol. The Balaban J connectivity index is 2.02. The molecule has 0 aromatic heterocycles. The van der Waals surface area contributed by atoms with Crippen LogP contribution in [0.25, 0.3) is 0 Å². The summed E-state index contributed by atoms with van der Waals surface area (Å²) in [5.41, 5.74) is 3.95. The summed E-state index contributed by atoms with van der Waals surface area (Å²) >= 11 is 0. The summed E-state index contributed by atoms with van der Waals surface area (Å²) in [6.07, 6.45) is -1.45. The van der Waals surface area contributed by atoms with Gasteiger partial charge in [0.1, 0.15) is 17.2 Å². The Morgan fingerprint density at radius 3 is 2.05 bits per heavy atom. The van der Waals surface area contributed by atoms with E-state index in [0.717, 1.165) is 25.7 Å². The molecule has 1 saturated carbocycles. The number of anilines is 1. The second-order valence-corrected chi connectivity index (χ2v) is 5.47. The van der Waals surface area contributed by atoms with E-state index in [1.54, 1.807) is 0 Å². The highest BCUT2D eigenvalue weighted by Crippen LogP contribution is 2.35. The molecular weight excluding hydrogens is 291 g/mol. The van der Waals surface area contributed by atoms with Crippen molar-refractivity contribution >= 4 is 5.69 Å². The van der Waals surface area contributed by atoms with E-state index in [4.69, 9.17) is 5.73 Å². The zero-order valence-electron chi connectivity index (χ0n) is 11.3. The van der Waals surface area contributed by atoms with Gasteiger partial charge >= 0.3 is 6.18 Å². The summed E-state index contributed by atoms with van der Waals surface area (Å²) in [7, 11) is 0. The van der Waals surface area contributed by atoms with Crippen LogP contribution in [0.4, 0.5) is 27.6 Å². The summed E-state index contributed by atoms with van der Waals surface area (Å²) < 4.78 is 64.1. The highest BCUT2D eigenvalue weighted by atomic mass is 19.4. The SMILES string of the molecule is NC1CCC(CNc2cc(F)c(C(F)(F)F)c(F)c2)CC1. The molecule has 1 aliphatic rings. The topological polar surface area (TPSA) is 38.0 Å². The van der Waals surface area contributed by atoms with Crippen molar-refractivity contribution in [3.63, 3.8) is 0 Å². The maximum Gasteiger partial charge on any atom is 0.422 e. The normalized spacial score (nSPS) is 23.1. The van der Waals surface area contributed by atoms with Gasteiger partial charge in [-0.2, -0.15) is 13.2 Å². The second-order valence-electron chi connectivity index (χ2n) is 5.47. The smallest absolute Gasteiger partial charge is 0.385 e. The van der Waals surface area contributed by atoms with E-state index in [9.17, 15) is 22.0 Å². The molecule has 0 aliphatic heterocycles. The highest BCUT2D eigenvalue weighted by molar-refractivity contribution is 5.46. The minimum Gasteiger partial charge on any atom is -0.385 e. The number of benzene rings is 1. The van der Waals surface area contributed by atoms with Crippen molar-refractivity contribution in [2.24, 2.45) is 11.7 Å². The van der Waals surface area contributed by atoms with Crippen LogP contribution in [0.1, 0.15) is 31.2 Å². The van der Waals surface area contributed by atoms with Gasteiger partial charge in [0, 0.05) is 18.3 Å². The van der Waals surface area contributed by atoms with Gasteiger partial charge in [0.15, 0.2) is 0 Å². The van der Waals surface area contributed by atoms with E-state index in [1.807, 2.05) is 0 Å². The van der Waals surface area contributed by atoms with Crippen molar-refractivity contribution in [1.82, 2.24) is 0 Å². The fourth-order valence-electron chi connectivity index (χ4n) is 2.60. The average molecular weight is 308 g/mol. The predicted molar refractivity (Wildman–Crippen MR) is 69.8 cm³/mol. The van der Waals surface area contributed by atoms with Gasteiger partial charge in [0.25, 0.3) is 0 Å². The second kappa shape index (κ2) is 6.17. The first-order chi connectivity index (χ1) is 9.77. The van der Waals surface area contributed by atoms with Crippen molar-refractivity contribution in [2.75, 3.05) is 11.9 Å². The standard InChI is InChI=1S/C14H17F5N2/c15-11-5-10(6-12(16)13(11)14(17,18)19)21-7-8-1-3-9(20)4-2-8/h5-6,8-9,21H,1-4,7,20H2. The molecule has 7 heteroatoms. The molecule has 0 spiro atoms. The Kier molecular flexibility index (Phi) is 4.70. The van der Waals surface area contributed by atoms with E-state index in [2.05, 4.69) is 5.32 Å². The molecular formula is C14H17F5N2. The molecule has 21 heavy (non-hydrogen) atoms. The van der Waals surface area contributed by atoms with Crippen LogP contribution in [-0.2, 0) is 6.18 Å². The molecule has 1 aromatic rings. The quantitative estimate of drug-likeness (QED) is 0.831. The first kappa shape index (κ1) is 16.0. The van der Waals surface area contributed by atoms with Crippen LogP contribution < -0.4 is 11.1 Å². The van der Waals surface area contributed by atoms with Crippen LogP contribution in [0.5, 0.6) is 0 Å². The van der Waals surface area contributed by atoms with Crippen LogP contribution in [-0.4, -0.2) is 12.6 Å². The molecule has 118 valence electrons. The Labute approximate surface area is 119 Å². The lowest BCUT2D eigenvalue weighted by Crippen LogP contribution is -2.29. The lowest BCUT2D eigenvalue weighted by molar-refractivity contribution is -0.142. The number of rotatable bonds is 3. The molecule has 0 atom stereocenters. The van der Waals surface area contributed by atoms with E-state index in [-0.39, 0.29) is 11.7 Å². The molecule has 0 bridgehead atoms. The van der Waals surface area contributed by atoms with Crippen LogP contribution >= 0.6 is 0 Å². The maximum absolute atomic E-state index is 13.4. The number of halogens is 5. The lowest BCUT2D eigenvalue weighted by atomic mass is 9.86. The highest BCUT2D eigenvalue weighted by Gasteiger charge is 2.37. The summed E-state index contributed by atoms with van der Waals surface area (Å²) in [5, 5.41) is 2.80.